The van der Waals surface area contributed by atoms with Crippen LogP contribution in [0.2, 0.25) is 0 Å². The van der Waals surface area contributed by atoms with Crippen LogP contribution in [-0.4, -0.2) is 28.0 Å². The molecule has 0 fully saturated rings. The van der Waals surface area contributed by atoms with Crippen molar-refractivity contribution in [2.45, 2.75) is 32.2 Å². The number of carbonyl (C=O) groups excluding carboxylic acids is 1. The fraction of sp³-hybridized carbons (Fsp3) is 0.500. The van der Waals surface area contributed by atoms with E-state index in [1.54, 1.807) is 5.38 Å². The Balaban J connectivity index is 2.54. The first-order valence-electron chi connectivity index (χ1n) is 5.08. The molecule has 6 heteroatoms. The van der Waals surface area contributed by atoms with Gasteiger partial charge in [0.2, 0.25) is 0 Å². The molecule has 1 atom stereocenters. The van der Waals surface area contributed by atoms with Crippen LogP contribution in [0.25, 0.3) is 0 Å². The van der Waals surface area contributed by atoms with Crippen molar-refractivity contribution in [3.05, 3.63) is 16.6 Å². The number of hydrogen-bond acceptors (Lipinski definition) is 4. The Morgan fingerprint density at radius 2 is 2.38 bits per heavy atom. The summed E-state index contributed by atoms with van der Waals surface area (Å²) < 4.78 is 0. The number of unbranched alkanes of at least 4 members (excludes halogenated alkanes) is 1. The Morgan fingerprint density at radius 3 is 2.88 bits per heavy atom. The number of aromatic nitrogens is 1. The molecule has 0 saturated heterocycles. The van der Waals surface area contributed by atoms with Crippen molar-refractivity contribution in [2.75, 3.05) is 0 Å². The van der Waals surface area contributed by atoms with Gasteiger partial charge in [0.25, 0.3) is 5.91 Å². The number of nitrogens with zero attached hydrogens (tertiary/aromatic N) is 1. The first-order chi connectivity index (χ1) is 7.65. The topological polar surface area (TPSA) is 79.3 Å². The van der Waals surface area contributed by atoms with E-state index in [1.807, 2.05) is 6.92 Å². The third-order valence-electron chi connectivity index (χ3n) is 2.08. The van der Waals surface area contributed by atoms with Crippen molar-refractivity contribution in [2.24, 2.45) is 0 Å². The number of amides is 1. The van der Waals surface area contributed by atoms with Crippen LogP contribution in [-0.2, 0) is 4.79 Å². The Kier molecular flexibility index (Phi) is 4.91. The van der Waals surface area contributed by atoms with E-state index in [0.717, 1.165) is 12.8 Å². The van der Waals surface area contributed by atoms with Crippen LogP contribution < -0.4 is 5.32 Å². The number of carbonyl (C=O) groups is 2. The van der Waals surface area contributed by atoms with Gasteiger partial charge in [0, 0.05) is 11.6 Å². The number of nitrogens with one attached hydrogen (secondary N) is 1. The molecule has 0 aromatic carbocycles. The summed E-state index contributed by atoms with van der Waals surface area (Å²) in [4.78, 5) is 26.3. The summed E-state index contributed by atoms with van der Waals surface area (Å²) in [5.41, 5.74) is 0. The van der Waals surface area contributed by atoms with Crippen molar-refractivity contribution in [1.29, 1.82) is 0 Å². The quantitative estimate of drug-likeness (QED) is 0.792. The molecule has 1 rings (SSSR count). The average molecular weight is 242 g/mol. The highest BCUT2D eigenvalue weighted by molar-refractivity contribution is 7.11. The van der Waals surface area contributed by atoms with E-state index in [4.69, 9.17) is 5.11 Å². The van der Waals surface area contributed by atoms with Gasteiger partial charge in [-0.1, -0.05) is 19.8 Å². The molecule has 0 spiro atoms. The predicted molar refractivity (Wildman–Crippen MR) is 60.5 cm³/mol. The van der Waals surface area contributed by atoms with Crippen LogP contribution >= 0.6 is 11.3 Å². The van der Waals surface area contributed by atoms with Gasteiger partial charge in [0.05, 0.1) is 0 Å². The highest BCUT2D eigenvalue weighted by Crippen LogP contribution is 2.06. The van der Waals surface area contributed by atoms with Crippen LogP contribution in [0.1, 0.15) is 36.0 Å². The molecule has 0 radical (unpaired) electrons. The normalized spacial score (nSPS) is 12.1. The van der Waals surface area contributed by atoms with E-state index >= 15 is 0 Å². The first kappa shape index (κ1) is 12.6. The maximum absolute atomic E-state index is 11.6. The molecule has 0 bridgehead atoms. The molecule has 1 aromatic heterocycles. The summed E-state index contributed by atoms with van der Waals surface area (Å²) in [5.74, 6) is -1.42. The maximum atomic E-state index is 11.6. The average Bonchev–Trinajstić information content (AvgIpc) is 2.76. The minimum absolute atomic E-state index is 0.294. The first-order valence-corrected chi connectivity index (χ1v) is 5.96. The molecule has 1 heterocycles. The fourth-order valence-electron chi connectivity index (χ4n) is 1.22. The molecule has 0 aliphatic rings. The third-order valence-corrected chi connectivity index (χ3v) is 2.85. The lowest BCUT2D eigenvalue weighted by atomic mass is 10.1. The van der Waals surface area contributed by atoms with E-state index in [0.29, 0.717) is 11.4 Å². The second-order valence-corrected chi connectivity index (χ2v) is 4.24. The lowest BCUT2D eigenvalue weighted by molar-refractivity contribution is -0.139. The van der Waals surface area contributed by atoms with Crippen LogP contribution in [0.4, 0.5) is 0 Å². The SMILES string of the molecule is CCCCC(NC(=O)c1nccs1)C(=O)O. The van der Waals surface area contributed by atoms with Crippen LogP contribution in [0.3, 0.4) is 0 Å². The molecule has 0 saturated carbocycles. The number of aliphatic carboxylic acids is 1. The number of carboxylic acids is 1. The Bertz CT molecular complexity index is 351. The van der Waals surface area contributed by atoms with E-state index < -0.39 is 17.9 Å². The van der Waals surface area contributed by atoms with Crippen molar-refractivity contribution in [3.8, 4) is 0 Å². The minimum atomic E-state index is -1.00. The van der Waals surface area contributed by atoms with Crippen molar-refractivity contribution in [1.82, 2.24) is 10.3 Å². The summed E-state index contributed by atoms with van der Waals surface area (Å²) in [6.45, 7) is 1.97. The van der Waals surface area contributed by atoms with E-state index in [9.17, 15) is 9.59 Å². The Labute approximate surface area is 97.5 Å². The molecule has 16 heavy (non-hydrogen) atoms. The molecule has 5 nitrogen and oxygen atoms in total. The zero-order valence-corrected chi connectivity index (χ0v) is 9.79. The number of hydrogen-bond donors (Lipinski definition) is 2. The highest BCUT2D eigenvalue weighted by Gasteiger charge is 2.20. The van der Waals surface area contributed by atoms with Gasteiger partial charge in [-0.25, -0.2) is 9.78 Å². The maximum Gasteiger partial charge on any atom is 0.326 e. The molecular formula is C10H14N2O3S. The molecule has 0 aliphatic heterocycles. The molecule has 1 unspecified atom stereocenters. The second-order valence-electron chi connectivity index (χ2n) is 3.34. The molecule has 1 aromatic rings. The third kappa shape index (κ3) is 3.62. The largest absolute Gasteiger partial charge is 0.480 e. The molecule has 0 aliphatic carbocycles. The van der Waals surface area contributed by atoms with Crippen LogP contribution in [0.15, 0.2) is 11.6 Å². The van der Waals surface area contributed by atoms with Gasteiger partial charge in [-0.15, -0.1) is 11.3 Å². The van der Waals surface area contributed by atoms with Gasteiger partial charge >= 0.3 is 5.97 Å². The van der Waals surface area contributed by atoms with Crippen LogP contribution in [0.5, 0.6) is 0 Å². The van der Waals surface area contributed by atoms with Crippen molar-refractivity contribution in [3.63, 3.8) is 0 Å². The number of thiazole rings is 1. The van der Waals surface area contributed by atoms with Gasteiger partial charge in [-0.05, 0) is 6.42 Å². The monoisotopic (exact) mass is 242 g/mol. The van der Waals surface area contributed by atoms with Crippen molar-refractivity contribution < 1.29 is 14.7 Å². The summed E-state index contributed by atoms with van der Waals surface area (Å²) in [6, 6.07) is -0.823. The molecule has 2 N–H and O–H groups in total. The predicted octanol–water partition coefficient (Wildman–Crippen LogP) is 1.52. The Hall–Kier alpha value is -1.43. The lowest BCUT2D eigenvalue weighted by Crippen LogP contribution is -2.40. The second kappa shape index (κ2) is 6.22. The summed E-state index contributed by atoms with van der Waals surface area (Å²) in [6.07, 6.45) is 3.64. The number of rotatable bonds is 6. The summed E-state index contributed by atoms with van der Waals surface area (Å²) in [5, 5.41) is 13.3. The summed E-state index contributed by atoms with van der Waals surface area (Å²) in [7, 11) is 0. The molecule has 1 amide bonds. The van der Waals surface area contributed by atoms with Gasteiger partial charge < -0.3 is 10.4 Å². The summed E-state index contributed by atoms with van der Waals surface area (Å²) >= 11 is 1.19. The smallest absolute Gasteiger partial charge is 0.326 e. The van der Waals surface area contributed by atoms with Gasteiger partial charge in [0.15, 0.2) is 5.01 Å². The number of carboxylic acid groups (broad SMARTS) is 1. The van der Waals surface area contributed by atoms with Crippen LogP contribution in [0, 0.1) is 0 Å². The Morgan fingerprint density at radius 1 is 1.62 bits per heavy atom. The fourth-order valence-corrected chi connectivity index (χ4v) is 1.76. The van der Waals surface area contributed by atoms with Crippen molar-refractivity contribution >= 4 is 23.2 Å². The zero-order chi connectivity index (χ0) is 12.0. The molecule has 88 valence electrons. The highest BCUT2D eigenvalue weighted by atomic mass is 32.1. The lowest BCUT2D eigenvalue weighted by Gasteiger charge is -2.12. The van der Waals surface area contributed by atoms with Gasteiger partial charge in [0.1, 0.15) is 6.04 Å². The van der Waals surface area contributed by atoms with Gasteiger partial charge in [-0.3, -0.25) is 4.79 Å². The van der Waals surface area contributed by atoms with E-state index in [2.05, 4.69) is 10.3 Å². The standard InChI is InChI=1S/C10H14N2O3S/c1-2-3-4-7(10(14)15)12-8(13)9-11-5-6-16-9/h5-7H,2-4H2,1H3,(H,12,13)(H,14,15). The van der Waals surface area contributed by atoms with Gasteiger partial charge in [-0.2, -0.15) is 0 Å². The molecular weight excluding hydrogens is 228 g/mol. The van der Waals surface area contributed by atoms with E-state index in [-0.39, 0.29) is 0 Å². The minimum Gasteiger partial charge on any atom is -0.480 e. The zero-order valence-electron chi connectivity index (χ0n) is 8.97. The van der Waals surface area contributed by atoms with E-state index in [1.165, 1.54) is 17.5 Å².